The lowest BCUT2D eigenvalue weighted by Crippen LogP contribution is -2.03. The highest BCUT2D eigenvalue weighted by molar-refractivity contribution is 6.17. The van der Waals surface area contributed by atoms with E-state index in [0.717, 1.165) is 50.5 Å². The van der Waals surface area contributed by atoms with Gasteiger partial charge in [0.05, 0.1) is 17.0 Å². The lowest BCUT2D eigenvalue weighted by Gasteiger charge is -2.18. The molecule has 222 valence electrons. The maximum absolute atomic E-state index is 5.88. The molecule has 1 aliphatic heterocycles. The van der Waals surface area contributed by atoms with Gasteiger partial charge in [0, 0.05) is 28.9 Å². The number of hydrogen-bond acceptors (Lipinski definition) is 1. The van der Waals surface area contributed by atoms with Gasteiger partial charge in [0.25, 0.3) is 12.4 Å². The maximum atomic E-state index is 5.88. The van der Waals surface area contributed by atoms with Crippen molar-refractivity contribution in [1.82, 2.24) is 9.24 Å². The lowest BCUT2D eigenvalue weighted by atomic mass is 9.95. The van der Waals surface area contributed by atoms with E-state index in [1.807, 2.05) is 68.0 Å². The zero-order valence-electron chi connectivity index (χ0n) is 26.4. The van der Waals surface area contributed by atoms with Gasteiger partial charge in [-0.25, -0.2) is 0 Å². The van der Waals surface area contributed by atoms with Crippen molar-refractivity contribution in [2.24, 2.45) is 5.73 Å². The van der Waals surface area contributed by atoms with E-state index < -0.39 is 0 Å². The quantitative estimate of drug-likeness (QED) is 0.138. The zero-order chi connectivity index (χ0) is 31.8. The van der Waals surface area contributed by atoms with Crippen LogP contribution in [-0.2, 0) is 0 Å². The molecule has 5 rings (SSSR count). The van der Waals surface area contributed by atoms with Crippen LogP contribution in [0.1, 0.15) is 41.3 Å². The third-order valence-electron chi connectivity index (χ3n) is 8.22. The van der Waals surface area contributed by atoms with E-state index in [9.17, 15) is 0 Å². The van der Waals surface area contributed by atoms with Crippen molar-refractivity contribution in [2.45, 2.75) is 27.2 Å². The molecule has 2 heterocycles. The number of aromatic nitrogens is 1. The molecule has 45 heavy (non-hydrogen) atoms. The van der Waals surface area contributed by atoms with Gasteiger partial charge in [0.15, 0.2) is 0 Å². The van der Waals surface area contributed by atoms with Crippen molar-refractivity contribution in [1.29, 1.82) is 0 Å². The van der Waals surface area contributed by atoms with Gasteiger partial charge in [-0.1, -0.05) is 110 Å². The molecule has 0 unspecified atom stereocenters. The summed E-state index contributed by atoms with van der Waals surface area (Å²) in [5.74, 6) is 0. The Labute approximate surface area is 267 Å². The number of nitrogens with zero attached hydrogens (tertiary/aromatic N) is 2. The van der Waals surface area contributed by atoms with Gasteiger partial charge in [-0.3, -0.25) is 0 Å². The topological polar surface area (TPSA) is 45.0 Å². The average Bonchev–Trinajstić information content (AvgIpc) is 3.70. The maximum Gasteiger partial charge on any atom is 0.300 e. The number of hydrogen-bond donors (Lipinski definition) is 1. The summed E-state index contributed by atoms with van der Waals surface area (Å²) in [5.41, 5.74) is 18.2. The van der Waals surface area contributed by atoms with Gasteiger partial charge < -0.3 is 10.3 Å². The minimum atomic E-state index is 0.715. The summed E-state index contributed by atoms with van der Waals surface area (Å²) in [6.45, 7) is 14.8. The fraction of sp³-hybridized carbons (Fsp3) is 0.0952. The fourth-order valence-corrected chi connectivity index (χ4v) is 5.71. The first-order chi connectivity index (χ1) is 22.0. The van der Waals surface area contributed by atoms with Gasteiger partial charge in [0.2, 0.25) is 0 Å². The first-order valence-electron chi connectivity index (χ1n) is 15.3. The van der Waals surface area contributed by atoms with Crippen LogP contribution in [0.3, 0.4) is 0 Å². The summed E-state index contributed by atoms with van der Waals surface area (Å²) < 4.78 is 6.68. The molecule has 3 heteroatoms. The predicted molar refractivity (Wildman–Crippen MR) is 199 cm³/mol. The number of allylic oxidation sites excluding steroid dienone is 11. The van der Waals surface area contributed by atoms with Gasteiger partial charge in [0.1, 0.15) is 0 Å². The van der Waals surface area contributed by atoms with E-state index in [-0.39, 0.29) is 0 Å². The van der Waals surface area contributed by atoms with E-state index in [0.29, 0.717) is 6.42 Å². The van der Waals surface area contributed by atoms with Crippen LogP contribution < -0.4 is 10.4 Å². The van der Waals surface area contributed by atoms with E-state index >= 15 is 0 Å². The van der Waals surface area contributed by atoms with Crippen LogP contribution in [0.15, 0.2) is 140 Å². The first kappa shape index (κ1) is 30.8. The molecule has 0 saturated heterocycles. The SMILES string of the molecule is C=C/C(=C\c1c(C)c(C)c(-c2ccc(C3=CC=[N+]=C3)cc2C=C)n1-c1cccc2ccccc12)C\C=C/C(/C=C\C=C/C)=C\N. The van der Waals surface area contributed by atoms with E-state index in [1.165, 1.54) is 21.9 Å². The van der Waals surface area contributed by atoms with Crippen LogP contribution in [0, 0.1) is 13.8 Å². The molecule has 0 atom stereocenters. The molecule has 0 bridgehead atoms. The van der Waals surface area contributed by atoms with Crippen LogP contribution in [0.25, 0.3) is 45.4 Å². The highest BCUT2D eigenvalue weighted by Crippen LogP contribution is 2.39. The second-order valence-electron chi connectivity index (χ2n) is 11.0. The molecule has 0 aliphatic carbocycles. The normalized spacial score (nSPS) is 13.6. The molecule has 2 N–H and O–H groups in total. The highest BCUT2D eigenvalue weighted by atomic mass is 15.0. The Balaban J connectivity index is 1.70. The Morgan fingerprint density at radius 2 is 1.78 bits per heavy atom. The van der Waals surface area contributed by atoms with E-state index in [1.54, 1.807) is 6.20 Å². The molecular formula is C42H40N3+. The first-order valence-corrected chi connectivity index (χ1v) is 15.3. The third kappa shape index (κ3) is 6.50. The number of nitrogens with two attached hydrogens (primary N) is 1. The number of fused-ring (bicyclic) bond motifs is 1. The standard InChI is InChI=1S/C42H40N3/c1-6-9-10-15-33(28-43)17-13-16-32(7-2)26-41-30(4)31(5)42(45(41)40-21-14-19-35-18-11-12-20-38(35)40)39-23-22-36(27-34(39)8-3)37-24-25-44-29-37/h6-15,17-29H,2-3,16,43H2,1,4-5H3/q+1/b9-6-,15-10-,17-13-,32-26+,33-28-. The zero-order valence-corrected chi connectivity index (χ0v) is 26.4. The van der Waals surface area contributed by atoms with Gasteiger partial charge in [-0.05, 0) is 84.2 Å². The van der Waals surface area contributed by atoms with Crippen molar-refractivity contribution >= 4 is 40.9 Å². The molecule has 3 aromatic carbocycles. The Bertz CT molecular complexity index is 2020. The summed E-state index contributed by atoms with van der Waals surface area (Å²) in [6.07, 6.45) is 26.4. The largest absolute Gasteiger partial charge is 0.404 e. The van der Waals surface area contributed by atoms with Crippen LogP contribution in [-0.4, -0.2) is 17.0 Å². The highest BCUT2D eigenvalue weighted by Gasteiger charge is 2.22. The molecule has 0 radical (unpaired) electrons. The third-order valence-corrected chi connectivity index (χ3v) is 8.22. The molecule has 0 spiro atoms. The van der Waals surface area contributed by atoms with E-state index in [4.69, 9.17) is 5.73 Å². The summed E-state index contributed by atoms with van der Waals surface area (Å²) in [5, 5.41) is 2.39. The van der Waals surface area contributed by atoms with Gasteiger partial charge >= 0.3 is 0 Å². The Morgan fingerprint density at radius 3 is 2.51 bits per heavy atom. The lowest BCUT2D eigenvalue weighted by molar-refractivity contribution is 1.07. The van der Waals surface area contributed by atoms with Crippen molar-refractivity contribution in [3.05, 3.63) is 168 Å². The number of rotatable bonds is 11. The Morgan fingerprint density at radius 1 is 0.956 bits per heavy atom. The Kier molecular flexibility index (Phi) is 9.74. The van der Waals surface area contributed by atoms with Crippen molar-refractivity contribution in [3.8, 4) is 16.9 Å². The second-order valence-corrected chi connectivity index (χ2v) is 11.0. The molecule has 4 aromatic rings. The van der Waals surface area contributed by atoms with Crippen molar-refractivity contribution in [3.63, 3.8) is 0 Å². The monoisotopic (exact) mass is 586 g/mol. The smallest absolute Gasteiger partial charge is 0.300 e. The van der Waals surface area contributed by atoms with Crippen molar-refractivity contribution < 1.29 is 0 Å². The van der Waals surface area contributed by atoms with E-state index in [2.05, 4.69) is 109 Å². The minimum Gasteiger partial charge on any atom is -0.404 e. The van der Waals surface area contributed by atoms with Gasteiger partial charge in [-0.2, -0.15) is 0 Å². The fourth-order valence-electron chi connectivity index (χ4n) is 5.71. The van der Waals surface area contributed by atoms with Crippen LogP contribution in [0.5, 0.6) is 0 Å². The summed E-state index contributed by atoms with van der Waals surface area (Å²) in [7, 11) is 0. The molecule has 1 aliphatic rings. The van der Waals surface area contributed by atoms with Gasteiger partial charge in [-0.15, -0.1) is 4.67 Å². The van der Waals surface area contributed by atoms with Crippen molar-refractivity contribution in [2.75, 3.05) is 0 Å². The second kappa shape index (κ2) is 14.2. The van der Waals surface area contributed by atoms with Crippen LogP contribution in [0.2, 0.25) is 0 Å². The van der Waals surface area contributed by atoms with Crippen LogP contribution >= 0.6 is 0 Å². The molecular weight excluding hydrogens is 546 g/mol. The molecule has 3 nitrogen and oxygen atoms in total. The summed E-state index contributed by atoms with van der Waals surface area (Å²) in [4.78, 5) is 0. The average molecular weight is 587 g/mol. The molecule has 0 fully saturated rings. The molecule has 0 saturated carbocycles. The number of benzene rings is 3. The molecule has 1 aromatic heterocycles. The minimum absolute atomic E-state index is 0.715. The van der Waals surface area contributed by atoms with Crippen LogP contribution in [0.4, 0.5) is 0 Å². The Hall–Kier alpha value is -5.63. The summed E-state index contributed by atoms with van der Waals surface area (Å²) >= 11 is 0. The molecule has 0 amide bonds. The summed E-state index contributed by atoms with van der Waals surface area (Å²) in [6, 6.07) is 21.7. The predicted octanol–water partition coefficient (Wildman–Crippen LogP) is 9.65.